The topological polar surface area (TPSA) is 87.7 Å². The average Bonchev–Trinajstić information content (AvgIpc) is 2.97. The molecule has 0 saturated carbocycles. The molecule has 3 N–H and O–H groups in total. The number of aromatic carboxylic acids is 1. The Labute approximate surface area is 123 Å². The summed E-state index contributed by atoms with van der Waals surface area (Å²) in [7, 11) is 1.48. The van der Waals surface area contributed by atoms with Gasteiger partial charge in [-0.2, -0.15) is 0 Å². The molecule has 21 heavy (non-hydrogen) atoms. The molecule has 0 radical (unpaired) electrons. The molecule has 1 amide bonds. The van der Waals surface area contributed by atoms with E-state index in [1.54, 1.807) is 6.07 Å². The largest absolute Gasteiger partial charge is 0.495 e. The number of carboxylic acid groups (broad SMARTS) is 1. The molecule has 1 fully saturated rings. The monoisotopic (exact) mass is 292 g/mol. The summed E-state index contributed by atoms with van der Waals surface area (Å²) in [6.07, 6.45) is 2.41. The number of ether oxygens (including phenoxy) is 1. The maximum Gasteiger partial charge on any atom is 0.335 e. The summed E-state index contributed by atoms with van der Waals surface area (Å²) in [4.78, 5) is 23.6. The number of benzene rings is 1. The van der Waals surface area contributed by atoms with Crippen LogP contribution in [0.1, 0.15) is 36.5 Å². The number of anilines is 1. The van der Waals surface area contributed by atoms with E-state index in [1.807, 2.05) is 6.92 Å². The maximum absolute atomic E-state index is 12.5. The summed E-state index contributed by atoms with van der Waals surface area (Å²) in [6, 6.07) is 4.40. The molecule has 0 bridgehead atoms. The zero-order chi connectivity index (χ0) is 15.5. The van der Waals surface area contributed by atoms with Crippen LogP contribution in [-0.4, -0.2) is 36.2 Å². The predicted octanol–water partition coefficient (Wildman–Crippen LogP) is 1.86. The van der Waals surface area contributed by atoms with E-state index in [2.05, 4.69) is 10.6 Å². The Morgan fingerprint density at radius 2 is 2.24 bits per heavy atom. The van der Waals surface area contributed by atoms with Gasteiger partial charge < -0.3 is 20.5 Å². The zero-order valence-electron chi connectivity index (χ0n) is 12.2. The third kappa shape index (κ3) is 3.00. The molecule has 2 rings (SSSR count). The summed E-state index contributed by atoms with van der Waals surface area (Å²) in [5, 5.41) is 15.1. The minimum absolute atomic E-state index is 0.107. The molecule has 1 aromatic rings. The number of hydrogen-bond acceptors (Lipinski definition) is 4. The molecule has 6 nitrogen and oxygen atoms in total. The second-order valence-electron chi connectivity index (χ2n) is 5.14. The Hall–Kier alpha value is -2.08. The number of rotatable bonds is 5. The lowest BCUT2D eigenvalue weighted by molar-refractivity contribution is -0.122. The van der Waals surface area contributed by atoms with E-state index < -0.39 is 11.5 Å². The van der Waals surface area contributed by atoms with E-state index in [-0.39, 0.29) is 11.5 Å². The summed E-state index contributed by atoms with van der Waals surface area (Å²) in [6.45, 7) is 2.77. The van der Waals surface area contributed by atoms with Gasteiger partial charge in [0.25, 0.3) is 0 Å². The number of hydrogen-bond donors (Lipinski definition) is 3. The van der Waals surface area contributed by atoms with Crippen LogP contribution in [0.4, 0.5) is 5.69 Å². The molecular weight excluding hydrogens is 272 g/mol. The number of nitrogens with one attached hydrogen (secondary N) is 2. The Bertz CT molecular complexity index is 551. The average molecular weight is 292 g/mol. The maximum atomic E-state index is 12.5. The molecule has 0 spiro atoms. The number of carbonyl (C=O) groups excluding carboxylic acids is 1. The normalized spacial score (nSPS) is 21.0. The van der Waals surface area contributed by atoms with Gasteiger partial charge in [-0.1, -0.05) is 6.92 Å². The first kappa shape index (κ1) is 15.3. The van der Waals surface area contributed by atoms with Crippen molar-refractivity contribution in [1.29, 1.82) is 0 Å². The summed E-state index contributed by atoms with van der Waals surface area (Å²) in [5.41, 5.74) is -0.0931. The van der Waals surface area contributed by atoms with Crippen LogP contribution in [0, 0.1) is 0 Å². The lowest BCUT2D eigenvalue weighted by atomic mass is 9.93. The smallest absolute Gasteiger partial charge is 0.335 e. The van der Waals surface area contributed by atoms with Crippen molar-refractivity contribution in [2.24, 2.45) is 0 Å². The number of carboxylic acids is 1. The second-order valence-corrected chi connectivity index (χ2v) is 5.14. The molecule has 1 unspecified atom stereocenters. The molecule has 1 heterocycles. The van der Waals surface area contributed by atoms with Crippen molar-refractivity contribution in [3.8, 4) is 5.75 Å². The first-order chi connectivity index (χ1) is 10.0. The quantitative estimate of drug-likeness (QED) is 0.771. The Morgan fingerprint density at radius 1 is 1.48 bits per heavy atom. The van der Waals surface area contributed by atoms with Crippen LogP contribution < -0.4 is 15.4 Å². The second kappa shape index (κ2) is 6.13. The Kier molecular flexibility index (Phi) is 4.47. The highest BCUT2D eigenvalue weighted by Gasteiger charge is 2.39. The fourth-order valence-corrected chi connectivity index (χ4v) is 2.64. The van der Waals surface area contributed by atoms with Gasteiger partial charge in [-0.15, -0.1) is 0 Å². The number of amides is 1. The molecule has 1 aliphatic heterocycles. The van der Waals surface area contributed by atoms with E-state index in [1.165, 1.54) is 19.2 Å². The third-order valence-electron chi connectivity index (χ3n) is 3.98. The highest BCUT2D eigenvalue weighted by atomic mass is 16.5. The van der Waals surface area contributed by atoms with Gasteiger partial charge in [0.05, 0.1) is 23.9 Å². The van der Waals surface area contributed by atoms with Gasteiger partial charge in [0.15, 0.2) is 0 Å². The Morgan fingerprint density at radius 3 is 2.76 bits per heavy atom. The van der Waals surface area contributed by atoms with E-state index in [0.29, 0.717) is 17.9 Å². The summed E-state index contributed by atoms with van der Waals surface area (Å²) < 4.78 is 5.18. The highest BCUT2D eigenvalue weighted by molar-refractivity contribution is 6.00. The van der Waals surface area contributed by atoms with Gasteiger partial charge in [-0.25, -0.2) is 4.79 Å². The number of methoxy groups -OCH3 is 1. The molecule has 6 heteroatoms. The fraction of sp³-hybridized carbons (Fsp3) is 0.467. The standard InChI is InChI=1S/C15H20N2O4/c1-3-15(7-4-8-16-15)14(20)17-11-9-10(13(18)19)5-6-12(11)21-2/h5-6,9,16H,3-4,7-8H2,1-2H3,(H,17,20)(H,18,19). The Balaban J connectivity index is 2.27. The van der Waals surface area contributed by atoms with Crippen molar-refractivity contribution >= 4 is 17.6 Å². The predicted molar refractivity (Wildman–Crippen MR) is 78.8 cm³/mol. The van der Waals surface area contributed by atoms with Crippen LogP contribution in [0.5, 0.6) is 5.75 Å². The van der Waals surface area contributed by atoms with E-state index in [4.69, 9.17) is 9.84 Å². The van der Waals surface area contributed by atoms with Gasteiger partial charge in [-0.05, 0) is 44.0 Å². The molecule has 1 saturated heterocycles. The molecular formula is C15H20N2O4. The van der Waals surface area contributed by atoms with Crippen LogP contribution in [0.3, 0.4) is 0 Å². The fourth-order valence-electron chi connectivity index (χ4n) is 2.64. The summed E-state index contributed by atoms with van der Waals surface area (Å²) >= 11 is 0. The number of carbonyl (C=O) groups is 2. The van der Waals surface area contributed by atoms with Crippen molar-refractivity contribution < 1.29 is 19.4 Å². The van der Waals surface area contributed by atoms with Crippen molar-refractivity contribution in [2.75, 3.05) is 19.0 Å². The molecule has 114 valence electrons. The molecule has 1 atom stereocenters. The first-order valence-electron chi connectivity index (χ1n) is 7.00. The van der Waals surface area contributed by atoms with Crippen LogP contribution in [0.25, 0.3) is 0 Å². The van der Waals surface area contributed by atoms with Gasteiger partial charge >= 0.3 is 5.97 Å². The molecule has 0 aromatic heterocycles. The van der Waals surface area contributed by atoms with Gasteiger partial charge in [0, 0.05) is 0 Å². The van der Waals surface area contributed by atoms with Crippen LogP contribution in [-0.2, 0) is 4.79 Å². The molecule has 0 aliphatic carbocycles. The van der Waals surface area contributed by atoms with Crippen LogP contribution in [0.2, 0.25) is 0 Å². The van der Waals surface area contributed by atoms with Crippen molar-refractivity contribution in [3.63, 3.8) is 0 Å². The van der Waals surface area contributed by atoms with E-state index in [9.17, 15) is 9.59 Å². The van der Waals surface area contributed by atoms with Gasteiger partial charge in [0.1, 0.15) is 5.75 Å². The van der Waals surface area contributed by atoms with Crippen LogP contribution >= 0.6 is 0 Å². The molecule has 1 aliphatic rings. The molecule has 1 aromatic carbocycles. The SMILES string of the molecule is CCC1(C(=O)Nc2cc(C(=O)O)ccc2OC)CCCN1. The third-order valence-corrected chi connectivity index (χ3v) is 3.98. The minimum Gasteiger partial charge on any atom is -0.495 e. The van der Waals surface area contributed by atoms with Gasteiger partial charge in [-0.3, -0.25) is 4.79 Å². The van der Waals surface area contributed by atoms with Crippen LogP contribution in [0.15, 0.2) is 18.2 Å². The minimum atomic E-state index is -1.04. The van der Waals surface area contributed by atoms with E-state index >= 15 is 0 Å². The first-order valence-corrected chi connectivity index (χ1v) is 7.00. The van der Waals surface area contributed by atoms with Crippen molar-refractivity contribution in [1.82, 2.24) is 5.32 Å². The highest BCUT2D eigenvalue weighted by Crippen LogP contribution is 2.29. The van der Waals surface area contributed by atoms with Crippen molar-refractivity contribution in [3.05, 3.63) is 23.8 Å². The van der Waals surface area contributed by atoms with Gasteiger partial charge in [0.2, 0.25) is 5.91 Å². The zero-order valence-corrected chi connectivity index (χ0v) is 12.2. The lowest BCUT2D eigenvalue weighted by Gasteiger charge is -2.27. The lowest BCUT2D eigenvalue weighted by Crippen LogP contribution is -2.50. The van der Waals surface area contributed by atoms with Crippen molar-refractivity contribution in [2.45, 2.75) is 31.7 Å². The van der Waals surface area contributed by atoms with E-state index in [0.717, 1.165) is 19.4 Å². The summed E-state index contributed by atoms with van der Waals surface area (Å²) in [5.74, 6) is -0.752.